The first-order valence-electron chi connectivity index (χ1n) is 10.1. The SMILES string of the molecule is CC.CCc1nn(CCN(C)C(=O)OC(C)(C)C)c(C)c1Sc1ccc(N)cc1. The molecule has 0 spiro atoms. The summed E-state index contributed by atoms with van der Waals surface area (Å²) in [5, 5.41) is 4.74. The smallest absolute Gasteiger partial charge is 0.410 e. The Kier molecular flexibility index (Phi) is 9.56. The summed E-state index contributed by atoms with van der Waals surface area (Å²) in [5.74, 6) is 0. The van der Waals surface area contributed by atoms with Crippen molar-refractivity contribution in [3.8, 4) is 0 Å². The lowest BCUT2D eigenvalue weighted by molar-refractivity contribution is 0.0292. The number of amides is 1. The van der Waals surface area contributed by atoms with Gasteiger partial charge in [0.2, 0.25) is 0 Å². The second kappa shape index (κ2) is 11.1. The molecule has 1 heterocycles. The average Bonchev–Trinajstić information content (AvgIpc) is 2.97. The Labute approximate surface area is 179 Å². The molecule has 0 bridgehead atoms. The van der Waals surface area contributed by atoms with Crippen LogP contribution in [0.15, 0.2) is 34.1 Å². The van der Waals surface area contributed by atoms with Crippen molar-refractivity contribution in [2.45, 2.75) is 76.8 Å². The summed E-state index contributed by atoms with van der Waals surface area (Å²) in [5.41, 5.74) is 8.20. The van der Waals surface area contributed by atoms with Gasteiger partial charge < -0.3 is 15.4 Å². The Hall–Kier alpha value is -2.15. The highest BCUT2D eigenvalue weighted by Gasteiger charge is 2.20. The molecule has 0 saturated carbocycles. The van der Waals surface area contributed by atoms with E-state index >= 15 is 0 Å². The predicted octanol–water partition coefficient (Wildman–Crippen LogP) is 5.38. The topological polar surface area (TPSA) is 73.4 Å². The van der Waals surface area contributed by atoms with E-state index in [1.165, 1.54) is 4.90 Å². The van der Waals surface area contributed by atoms with Crippen molar-refractivity contribution in [2.24, 2.45) is 0 Å². The van der Waals surface area contributed by atoms with E-state index in [1.54, 1.807) is 23.7 Å². The van der Waals surface area contributed by atoms with E-state index in [9.17, 15) is 4.79 Å². The number of hydrogen-bond donors (Lipinski definition) is 1. The van der Waals surface area contributed by atoms with Crippen molar-refractivity contribution >= 4 is 23.5 Å². The lowest BCUT2D eigenvalue weighted by atomic mass is 10.2. The monoisotopic (exact) mass is 420 g/mol. The molecule has 1 amide bonds. The van der Waals surface area contributed by atoms with Gasteiger partial charge in [-0.05, 0) is 58.4 Å². The van der Waals surface area contributed by atoms with E-state index < -0.39 is 5.60 Å². The fourth-order valence-electron chi connectivity index (χ4n) is 2.50. The Morgan fingerprint density at radius 3 is 2.34 bits per heavy atom. The maximum absolute atomic E-state index is 12.1. The molecule has 1 aromatic carbocycles. The Balaban J connectivity index is 0.00000204. The van der Waals surface area contributed by atoms with Crippen LogP contribution in [0.3, 0.4) is 0 Å². The molecule has 2 aromatic rings. The summed E-state index contributed by atoms with van der Waals surface area (Å²) in [6.45, 7) is 14.9. The molecule has 0 fully saturated rings. The van der Waals surface area contributed by atoms with Gasteiger partial charge in [-0.15, -0.1) is 0 Å². The lowest BCUT2D eigenvalue weighted by Crippen LogP contribution is -2.36. The Bertz CT molecular complexity index is 779. The Morgan fingerprint density at radius 2 is 1.83 bits per heavy atom. The molecule has 162 valence electrons. The van der Waals surface area contributed by atoms with Gasteiger partial charge in [-0.2, -0.15) is 5.10 Å². The summed E-state index contributed by atoms with van der Waals surface area (Å²) in [7, 11) is 1.75. The van der Waals surface area contributed by atoms with Crippen molar-refractivity contribution in [3.05, 3.63) is 35.7 Å². The average molecular weight is 421 g/mol. The normalized spacial score (nSPS) is 10.9. The summed E-state index contributed by atoms with van der Waals surface area (Å²) in [4.78, 5) is 16.0. The highest BCUT2D eigenvalue weighted by atomic mass is 32.2. The number of aryl methyl sites for hydroxylation is 1. The molecule has 0 aliphatic rings. The zero-order valence-corrected chi connectivity index (χ0v) is 19.9. The zero-order valence-electron chi connectivity index (χ0n) is 19.1. The summed E-state index contributed by atoms with van der Waals surface area (Å²) in [6, 6.07) is 7.85. The first-order valence-corrected chi connectivity index (χ1v) is 11.0. The number of benzene rings is 1. The van der Waals surface area contributed by atoms with Crippen molar-refractivity contribution in [2.75, 3.05) is 19.3 Å². The maximum Gasteiger partial charge on any atom is 0.410 e. The largest absolute Gasteiger partial charge is 0.444 e. The molecule has 29 heavy (non-hydrogen) atoms. The van der Waals surface area contributed by atoms with Gasteiger partial charge in [-0.25, -0.2) is 4.79 Å². The standard InChI is InChI=1S/C20H30N4O2S.C2H6/c1-7-17-18(27-16-10-8-15(21)9-11-16)14(2)24(22-17)13-12-23(6)19(25)26-20(3,4)5;1-2/h8-11H,7,12-13,21H2,1-6H3;1-2H3. The van der Waals surface area contributed by atoms with E-state index in [0.717, 1.165) is 28.4 Å². The van der Waals surface area contributed by atoms with Crippen LogP contribution in [-0.2, 0) is 17.7 Å². The van der Waals surface area contributed by atoms with E-state index in [1.807, 2.05) is 63.6 Å². The van der Waals surface area contributed by atoms with Crippen LogP contribution in [0.25, 0.3) is 0 Å². The number of hydrogen-bond acceptors (Lipinski definition) is 5. The number of likely N-dealkylation sites (N-methyl/N-ethyl adjacent to an activating group) is 1. The number of rotatable bonds is 6. The van der Waals surface area contributed by atoms with E-state index in [2.05, 4.69) is 13.8 Å². The van der Waals surface area contributed by atoms with Gasteiger partial charge in [0.25, 0.3) is 0 Å². The fraction of sp³-hybridized carbons (Fsp3) is 0.545. The van der Waals surface area contributed by atoms with Gasteiger partial charge in [0.05, 0.1) is 17.1 Å². The van der Waals surface area contributed by atoms with Crippen molar-refractivity contribution in [1.29, 1.82) is 0 Å². The summed E-state index contributed by atoms with van der Waals surface area (Å²) in [6.07, 6.45) is 0.534. The number of nitrogens with two attached hydrogens (primary N) is 1. The summed E-state index contributed by atoms with van der Waals surface area (Å²) >= 11 is 1.70. The number of aromatic nitrogens is 2. The van der Waals surface area contributed by atoms with Crippen LogP contribution >= 0.6 is 11.8 Å². The minimum atomic E-state index is -0.495. The van der Waals surface area contributed by atoms with E-state index in [0.29, 0.717) is 13.1 Å². The van der Waals surface area contributed by atoms with Crippen LogP contribution in [-0.4, -0.2) is 40.0 Å². The van der Waals surface area contributed by atoms with E-state index in [-0.39, 0.29) is 6.09 Å². The second-order valence-corrected chi connectivity index (χ2v) is 8.59. The number of nitrogen functional groups attached to an aromatic ring is 1. The van der Waals surface area contributed by atoms with Gasteiger partial charge in [0, 0.05) is 29.9 Å². The Morgan fingerprint density at radius 1 is 1.24 bits per heavy atom. The molecular weight excluding hydrogens is 384 g/mol. The van der Waals surface area contributed by atoms with Crippen molar-refractivity contribution in [1.82, 2.24) is 14.7 Å². The number of anilines is 1. The summed E-state index contributed by atoms with van der Waals surface area (Å²) < 4.78 is 7.37. The molecule has 0 unspecified atom stereocenters. The maximum atomic E-state index is 12.1. The van der Waals surface area contributed by atoms with Crippen LogP contribution < -0.4 is 5.73 Å². The van der Waals surface area contributed by atoms with Gasteiger partial charge >= 0.3 is 6.09 Å². The van der Waals surface area contributed by atoms with E-state index in [4.69, 9.17) is 15.6 Å². The number of nitrogens with zero attached hydrogens (tertiary/aromatic N) is 3. The minimum Gasteiger partial charge on any atom is -0.444 e. The fourth-order valence-corrected chi connectivity index (χ4v) is 3.57. The van der Waals surface area contributed by atoms with Crippen LogP contribution in [0, 0.1) is 6.92 Å². The highest BCUT2D eigenvalue weighted by molar-refractivity contribution is 7.99. The molecule has 0 atom stereocenters. The zero-order chi connectivity index (χ0) is 22.2. The molecule has 0 radical (unpaired) electrons. The molecule has 0 aliphatic heterocycles. The van der Waals surface area contributed by atoms with Crippen molar-refractivity contribution in [3.63, 3.8) is 0 Å². The van der Waals surface area contributed by atoms with Crippen LogP contribution in [0.4, 0.5) is 10.5 Å². The van der Waals surface area contributed by atoms with Gasteiger partial charge in [-0.1, -0.05) is 32.5 Å². The lowest BCUT2D eigenvalue weighted by Gasteiger charge is -2.24. The van der Waals surface area contributed by atoms with Crippen LogP contribution in [0.1, 0.15) is 52.9 Å². The third-order valence-electron chi connectivity index (χ3n) is 4.01. The molecular formula is C22H36N4O2S. The molecule has 7 heteroatoms. The van der Waals surface area contributed by atoms with Gasteiger partial charge in [0.1, 0.15) is 5.60 Å². The molecule has 0 aliphatic carbocycles. The molecule has 1 aromatic heterocycles. The van der Waals surface area contributed by atoms with Crippen LogP contribution in [0.2, 0.25) is 0 Å². The number of ether oxygens (including phenoxy) is 1. The molecule has 2 rings (SSSR count). The van der Waals surface area contributed by atoms with Gasteiger partial charge in [0.15, 0.2) is 0 Å². The third kappa shape index (κ3) is 7.65. The molecule has 0 saturated heterocycles. The first-order chi connectivity index (χ1) is 13.6. The first kappa shape index (κ1) is 24.9. The van der Waals surface area contributed by atoms with Crippen LogP contribution in [0.5, 0.6) is 0 Å². The number of carbonyl (C=O) groups excluding carboxylic acids is 1. The second-order valence-electron chi connectivity index (χ2n) is 7.51. The molecule has 2 N–H and O–H groups in total. The highest BCUT2D eigenvalue weighted by Crippen LogP contribution is 2.33. The predicted molar refractivity (Wildman–Crippen MR) is 122 cm³/mol. The molecule has 6 nitrogen and oxygen atoms in total. The quantitative estimate of drug-likeness (QED) is 0.635. The van der Waals surface area contributed by atoms with Gasteiger partial charge in [-0.3, -0.25) is 4.68 Å². The van der Waals surface area contributed by atoms with Crippen molar-refractivity contribution < 1.29 is 9.53 Å². The number of carbonyl (C=O) groups is 1. The third-order valence-corrected chi connectivity index (χ3v) is 5.25. The minimum absolute atomic E-state index is 0.320.